The molecule has 3 heteroatoms. The molecule has 0 aromatic heterocycles. The van der Waals surface area contributed by atoms with E-state index in [1.54, 1.807) is 0 Å². The van der Waals surface area contributed by atoms with Crippen LogP contribution in [-0.4, -0.2) is 23.1 Å². The van der Waals surface area contributed by atoms with Gasteiger partial charge in [0.15, 0.2) is 0 Å². The molecule has 74 valence electrons. The Balaban J connectivity index is 2.25. The van der Waals surface area contributed by atoms with Crippen LogP contribution >= 0.6 is 11.8 Å². The molecule has 1 unspecified atom stereocenters. The van der Waals surface area contributed by atoms with Gasteiger partial charge in [-0.3, -0.25) is 5.32 Å². The van der Waals surface area contributed by atoms with Crippen LogP contribution in [0.5, 0.6) is 0 Å². The smallest absolute Gasteiger partial charge is 0.113 e. The largest absolute Gasteiger partial charge is 0.296 e. The lowest BCUT2D eigenvalue weighted by molar-refractivity contribution is 0.490. The van der Waals surface area contributed by atoms with Crippen LogP contribution in [0.15, 0.2) is 0 Å². The second-order valence-corrected chi connectivity index (χ2v) is 5.02. The fraction of sp³-hybridized carbons (Fsp3) is 0.900. The Kier molecular flexibility index (Phi) is 4.08. The van der Waals surface area contributed by atoms with Gasteiger partial charge < -0.3 is 0 Å². The van der Waals surface area contributed by atoms with Gasteiger partial charge in [-0.25, -0.2) is 0 Å². The van der Waals surface area contributed by atoms with Crippen molar-refractivity contribution in [1.29, 1.82) is 5.26 Å². The van der Waals surface area contributed by atoms with E-state index in [1.165, 1.54) is 19.3 Å². The van der Waals surface area contributed by atoms with Gasteiger partial charge in [-0.15, -0.1) is 0 Å². The van der Waals surface area contributed by atoms with Gasteiger partial charge in [-0.05, 0) is 31.9 Å². The summed E-state index contributed by atoms with van der Waals surface area (Å²) < 4.78 is 0. The first kappa shape index (κ1) is 10.9. The van der Waals surface area contributed by atoms with E-state index in [0.717, 1.165) is 11.5 Å². The van der Waals surface area contributed by atoms with E-state index in [-0.39, 0.29) is 5.54 Å². The van der Waals surface area contributed by atoms with Crippen molar-refractivity contribution in [2.45, 2.75) is 44.7 Å². The van der Waals surface area contributed by atoms with Crippen molar-refractivity contribution < 1.29 is 0 Å². The lowest BCUT2D eigenvalue weighted by Crippen LogP contribution is -2.44. The average Bonchev–Trinajstić information content (AvgIpc) is 2.89. The summed E-state index contributed by atoms with van der Waals surface area (Å²) in [6, 6.07) is 2.99. The fourth-order valence-corrected chi connectivity index (χ4v) is 2.19. The Morgan fingerprint density at radius 3 is 2.77 bits per heavy atom. The third-order valence-corrected chi connectivity index (χ3v) is 3.56. The normalized spacial score (nSPS) is 20.7. The second kappa shape index (κ2) is 4.88. The predicted molar refractivity (Wildman–Crippen MR) is 57.8 cm³/mol. The van der Waals surface area contributed by atoms with Gasteiger partial charge in [0.2, 0.25) is 0 Å². The molecular weight excluding hydrogens is 180 g/mol. The van der Waals surface area contributed by atoms with Crippen molar-refractivity contribution in [1.82, 2.24) is 5.32 Å². The molecule has 0 heterocycles. The molecule has 1 rings (SSSR count). The van der Waals surface area contributed by atoms with Crippen molar-refractivity contribution in [2.24, 2.45) is 0 Å². The maximum absolute atomic E-state index is 9.04. The van der Waals surface area contributed by atoms with Crippen LogP contribution in [0.4, 0.5) is 0 Å². The zero-order valence-electron chi connectivity index (χ0n) is 8.47. The molecule has 1 N–H and O–H groups in total. The SMILES string of the molecule is CCCSCC(C)(C#N)NC1CC1. The number of nitrogens with one attached hydrogen (secondary N) is 1. The van der Waals surface area contributed by atoms with E-state index >= 15 is 0 Å². The molecule has 0 bridgehead atoms. The van der Waals surface area contributed by atoms with Crippen molar-refractivity contribution >= 4 is 11.8 Å². The van der Waals surface area contributed by atoms with Crippen LogP contribution in [0.2, 0.25) is 0 Å². The van der Waals surface area contributed by atoms with Gasteiger partial charge >= 0.3 is 0 Å². The minimum Gasteiger partial charge on any atom is -0.296 e. The standard InChI is InChI=1S/C10H18N2S/c1-3-6-13-8-10(2,7-11)12-9-4-5-9/h9,12H,3-6,8H2,1-2H3. The van der Waals surface area contributed by atoms with E-state index in [9.17, 15) is 0 Å². The zero-order valence-corrected chi connectivity index (χ0v) is 9.28. The summed E-state index contributed by atoms with van der Waals surface area (Å²) in [5.74, 6) is 2.07. The van der Waals surface area contributed by atoms with Crippen LogP contribution < -0.4 is 5.32 Å². The van der Waals surface area contributed by atoms with Gasteiger partial charge in [0.1, 0.15) is 5.54 Å². The third kappa shape index (κ3) is 4.02. The number of hydrogen-bond donors (Lipinski definition) is 1. The molecule has 1 aliphatic carbocycles. The molecule has 1 saturated carbocycles. The lowest BCUT2D eigenvalue weighted by atomic mass is 10.1. The summed E-state index contributed by atoms with van der Waals surface area (Å²) in [6.07, 6.45) is 3.68. The minimum absolute atomic E-state index is 0.305. The Labute approximate surface area is 85.1 Å². The Bertz CT molecular complexity index is 196. The van der Waals surface area contributed by atoms with E-state index in [4.69, 9.17) is 5.26 Å². The van der Waals surface area contributed by atoms with Crippen molar-refractivity contribution in [2.75, 3.05) is 11.5 Å². The van der Waals surface area contributed by atoms with Gasteiger partial charge in [0.05, 0.1) is 6.07 Å². The van der Waals surface area contributed by atoms with Gasteiger partial charge in [-0.1, -0.05) is 6.92 Å². The maximum atomic E-state index is 9.04. The molecule has 13 heavy (non-hydrogen) atoms. The summed E-state index contributed by atoms with van der Waals surface area (Å²) in [6.45, 7) is 4.18. The van der Waals surface area contributed by atoms with E-state index < -0.39 is 0 Å². The van der Waals surface area contributed by atoms with Gasteiger partial charge in [-0.2, -0.15) is 17.0 Å². The van der Waals surface area contributed by atoms with E-state index in [2.05, 4.69) is 18.3 Å². The molecule has 1 atom stereocenters. The summed E-state index contributed by atoms with van der Waals surface area (Å²) in [4.78, 5) is 0. The molecule has 1 aliphatic rings. The number of hydrogen-bond acceptors (Lipinski definition) is 3. The van der Waals surface area contributed by atoms with Gasteiger partial charge in [0.25, 0.3) is 0 Å². The molecule has 0 aromatic carbocycles. The van der Waals surface area contributed by atoms with Crippen molar-refractivity contribution in [3.63, 3.8) is 0 Å². The predicted octanol–water partition coefficient (Wildman–Crippen LogP) is 2.16. The minimum atomic E-state index is -0.305. The first-order valence-electron chi connectivity index (χ1n) is 4.97. The molecule has 0 aromatic rings. The summed E-state index contributed by atoms with van der Waals surface area (Å²) in [5, 5.41) is 12.4. The van der Waals surface area contributed by atoms with Crippen LogP contribution in [0.3, 0.4) is 0 Å². The zero-order chi connectivity index (χ0) is 9.73. The molecule has 0 amide bonds. The topological polar surface area (TPSA) is 35.8 Å². The average molecular weight is 198 g/mol. The molecule has 0 spiro atoms. The highest BCUT2D eigenvalue weighted by molar-refractivity contribution is 7.99. The van der Waals surface area contributed by atoms with Crippen LogP contribution in [0.25, 0.3) is 0 Å². The monoisotopic (exact) mass is 198 g/mol. The van der Waals surface area contributed by atoms with Crippen molar-refractivity contribution in [3.05, 3.63) is 0 Å². The number of nitrogens with zero attached hydrogens (tertiary/aromatic N) is 1. The highest BCUT2D eigenvalue weighted by atomic mass is 32.2. The van der Waals surface area contributed by atoms with E-state index in [0.29, 0.717) is 6.04 Å². The second-order valence-electron chi connectivity index (χ2n) is 3.92. The quantitative estimate of drug-likeness (QED) is 0.664. The molecule has 0 saturated heterocycles. The van der Waals surface area contributed by atoms with Crippen LogP contribution in [-0.2, 0) is 0 Å². The number of nitriles is 1. The maximum Gasteiger partial charge on any atom is 0.113 e. The van der Waals surface area contributed by atoms with Crippen molar-refractivity contribution in [3.8, 4) is 6.07 Å². The summed E-state index contributed by atoms with van der Waals surface area (Å²) in [5.41, 5.74) is -0.305. The third-order valence-electron chi connectivity index (χ3n) is 2.09. The molecule has 0 aliphatic heterocycles. The first-order valence-corrected chi connectivity index (χ1v) is 6.12. The highest BCUT2D eigenvalue weighted by Crippen LogP contribution is 2.24. The fourth-order valence-electron chi connectivity index (χ4n) is 1.21. The molecular formula is C10H18N2S. The Hall–Kier alpha value is -0.200. The lowest BCUT2D eigenvalue weighted by Gasteiger charge is -2.22. The van der Waals surface area contributed by atoms with Gasteiger partial charge in [0, 0.05) is 11.8 Å². The summed E-state index contributed by atoms with van der Waals surface area (Å²) >= 11 is 1.87. The van der Waals surface area contributed by atoms with Crippen LogP contribution in [0, 0.1) is 11.3 Å². The van der Waals surface area contributed by atoms with E-state index in [1.807, 2.05) is 18.7 Å². The molecule has 2 nitrogen and oxygen atoms in total. The number of thioether (sulfide) groups is 1. The number of rotatable bonds is 6. The van der Waals surface area contributed by atoms with Crippen LogP contribution in [0.1, 0.15) is 33.1 Å². The first-order chi connectivity index (χ1) is 6.20. The highest BCUT2D eigenvalue weighted by Gasteiger charge is 2.32. The Morgan fingerprint density at radius 2 is 2.31 bits per heavy atom. The molecule has 0 radical (unpaired) electrons. The Morgan fingerprint density at radius 1 is 1.62 bits per heavy atom. The molecule has 1 fully saturated rings. The summed E-state index contributed by atoms with van der Waals surface area (Å²) in [7, 11) is 0.